The fraction of sp³-hybridized carbons (Fsp3) is 0.136. The number of sulfonamides is 1. The minimum absolute atomic E-state index is 0.0330. The third-order valence-corrected chi connectivity index (χ3v) is 5.87. The number of phenolic OH excluding ortho intramolecular Hbond substituents is 1. The van der Waals surface area contributed by atoms with Crippen LogP contribution in [-0.2, 0) is 10.0 Å². The lowest BCUT2D eigenvalue weighted by molar-refractivity contribution is 0.102. The summed E-state index contributed by atoms with van der Waals surface area (Å²) in [6, 6.07) is 16.8. The van der Waals surface area contributed by atoms with Gasteiger partial charge in [-0.1, -0.05) is 18.2 Å². The van der Waals surface area contributed by atoms with Crippen molar-refractivity contribution in [1.29, 1.82) is 0 Å². The van der Waals surface area contributed by atoms with Gasteiger partial charge in [-0.25, -0.2) is 8.42 Å². The van der Waals surface area contributed by atoms with E-state index in [1.54, 1.807) is 37.3 Å². The molecule has 0 unspecified atom stereocenters. The first-order chi connectivity index (χ1) is 14.2. The molecule has 0 aromatic heterocycles. The van der Waals surface area contributed by atoms with E-state index in [1.165, 1.54) is 36.4 Å². The fourth-order valence-electron chi connectivity index (χ4n) is 2.77. The summed E-state index contributed by atoms with van der Waals surface area (Å²) in [4.78, 5) is 12.4. The molecule has 3 rings (SSSR count). The maximum Gasteiger partial charge on any atom is 0.261 e. The van der Waals surface area contributed by atoms with Gasteiger partial charge in [0.2, 0.25) is 0 Å². The van der Waals surface area contributed by atoms with Gasteiger partial charge in [-0.3, -0.25) is 9.52 Å². The molecule has 1 atom stereocenters. The number of anilines is 2. The Balaban J connectivity index is 1.71. The number of amides is 1. The van der Waals surface area contributed by atoms with Gasteiger partial charge in [0, 0.05) is 11.3 Å². The standard InChI is InChI=1S/C22H22N2O5S/c1-14-3-12-20(21(26)13-14)23-22(27)17-4-8-18(9-5-17)24-30(28,29)19-10-6-16(7-11-19)15(2)25/h3-13,15,24-26H,1-2H3,(H,23,27)/t15-/m1/s1. The number of benzene rings is 3. The SMILES string of the molecule is Cc1ccc(NC(=O)c2ccc(NS(=O)(=O)c3ccc([C@@H](C)O)cc3)cc2)c(O)c1. The summed E-state index contributed by atoms with van der Waals surface area (Å²) in [7, 11) is -3.81. The minimum Gasteiger partial charge on any atom is -0.506 e. The Morgan fingerprint density at radius 1 is 0.967 bits per heavy atom. The van der Waals surface area contributed by atoms with E-state index in [-0.39, 0.29) is 16.3 Å². The van der Waals surface area contributed by atoms with E-state index >= 15 is 0 Å². The highest BCUT2D eigenvalue weighted by Crippen LogP contribution is 2.25. The first-order valence-electron chi connectivity index (χ1n) is 9.17. The van der Waals surface area contributed by atoms with Gasteiger partial charge in [-0.2, -0.15) is 0 Å². The summed E-state index contributed by atoms with van der Waals surface area (Å²) < 4.78 is 27.5. The van der Waals surface area contributed by atoms with Crippen LogP contribution >= 0.6 is 0 Å². The number of aliphatic hydroxyl groups is 1. The molecule has 0 aliphatic carbocycles. The normalized spacial score (nSPS) is 12.2. The summed E-state index contributed by atoms with van der Waals surface area (Å²) in [6.45, 7) is 3.42. The molecule has 156 valence electrons. The van der Waals surface area contributed by atoms with Crippen molar-refractivity contribution in [1.82, 2.24) is 0 Å². The molecule has 0 radical (unpaired) electrons. The second kappa shape index (κ2) is 8.56. The minimum atomic E-state index is -3.81. The average molecular weight is 426 g/mol. The average Bonchev–Trinajstić information content (AvgIpc) is 2.70. The van der Waals surface area contributed by atoms with Gasteiger partial charge in [0.15, 0.2) is 0 Å². The molecule has 0 aliphatic rings. The van der Waals surface area contributed by atoms with Gasteiger partial charge in [0.1, 0.15) is 5.75 Å². The quantitative estimate of drug-likeness (QED) is 0.448. The zero-order chi connectivity index (χ0) is 21.9. The zero-order valence-electron chi connectivity index (χ0n) is 16.5. The van der Waals surface area contributed by atoms with Gasteiger partial charge < -0.3 is 15.5 Å². The Bertz CT molecular complexity index is 1160. The predicted octanol–water partition coefficient (Wildman–Crippen LogP) is 3.81. The number of aryl methyl sites for hydroxylation is 1. The van der Waals surface area contributed by atoms with Crippen LogP contribution in [0.25, 0.3) is 0 Å². The second-order valence-corrected chi connectivity index (χ2v) is 8.58. The molecule has 0 fully saturated rings. The molecule has 1 amide bonds. The van der Waals surface area contributed by atoms with Crippen LogP contribution in [0.4, 0.5) is 11.4 Å². The van der Waals surface area contributed by atoms with Crippen molar-refractivity contribution in [3.63, 3.8) is 0 Å². The fourth-order valence-corrected chi connectivity index (χ4v) is 3.83. The van der Waals surface area contributed by atoms with Gasteiger partial charge >= 0.3 is 0 Å². The molecular weight excluding hydrogens is 404 g/mol. The first-order valence-corrected chi connectivity index (χ1v) is 10.7. The molecule has 0 aliphatic heterocycles. The molecule has 4 N–H and O–H groups in total. The smallest absolute Gasteiger partial charge is 0.261 e. The number of carbonyl (C=O) groups is 1. The summed E-state index contributed by atoms with van der Waals surface area (Å²) in [5.74, 6) is -0.466. The van der Waals surface area contributed by atoms with Crippen molar-refractivity contribution in [2.75, 3.05) is 10.0 Å². The summed E-state index contributed by atoms with van der Waals surface area (Å²) in [6.07, 6.45) is -0.685. The Morgan fingerprint density at radius 2 is 1.60 bits per heavy atom. The molecule has 0 saturated carbocycles. The van der Waals surface area contributed by atoms with Crippen LogP contribution < -0.4 is 10.0 Å². The topological polar surface area (TPSA) is 116 Å². The molecule has 0 bridgehead atoms. The number of aliphatic hydroxyl groups excluding tert-OH is 1. The van der Waals surface area contributed by atoms with Crippen molar-refractivity contribution in [2.45, 2.75) is 24.8 Å². The monoisotopic (exact) mass is 426 g/mol. The first kappa shape index (κ1) is 21.4. The predicted molar refractivity (Wildman–Crippen MR) is 115 cm³/mol. The molecule has 0 heterocycles. The van der Waals surface area contributed by atoms with E-state index in [4.69, 9.17) is 0 Å². The lowest BCUT2D eigenvalue weighted by atomic mass is 10.1. The number of nitrogens with one attached hydrogen (secondary N) is 2. The van der Waals surface area contributed by atoms with Crippen LogP contribution in [0, 0.1) is 6.92 Å². The second-order valence-electron chi connectivity index (χ2n) is 6.90. The van der Waals surface area contributed by atoms with Crippen LogP contribution in [0.2, 0.25) is 0 Å². The van der Waals surface area contributed by atoms with Crippen LogP contribution in [0.3, 0.4) is 0 Å². The molecule has 3 aromatic carbocycles. The van der Waals surface area contributed by atoms with E-state index in [0.717, 1.165) is 5.56 Å². The lowest BCUT2D eigenvalue weighted by Crippen LogP contribution is -2.14. The van der Waals surface area contributed by atoms with Gasteiger partial charge in [-0.05, 0) is 73.5 Å². The van der Waals surface area contributed by atoms with E-state index in [9.17, 15) is 23.4 Å². The van der Waals surface area contributed by atoms with E-state index in [2.05, 4.69) is 10.0 Å². The molecule has 7 nitrogen and oxygen atoms in total. The summed E-state index contributed by atoms with van der Waals surface area (Å²) in [5.41, 5.74) is 2.37. The van der Waals surface area contributed by atoms with Crippen molar-refractivity contribution in [2.24, 2.45) is 0 Å². The number of carbonyl (C=O) groups excluding carboxylic acids is 1. The third-order valence-electron chi connectivity index (χ3n) is 4.47. The van der Waals surface area contributed by atoms with Crippen LogP contribution in [0.1, 0.15) is 34.5 Å². The lowest BCUT2D eigenvalue weighted by Gasteiger charge is -2.11. The number of rotatable bonds is 6. The summed E-state index contributed by atoms with van der Waals surface area (Å²) >= 11 is 0. The number of hydrogen-bond donors (Lipinski definition) is 4. The van der Waals surface area contributed by atoms with Crippen molar-refractivity contribution in [3.8, 4) is 5.75 Å². The van der Waals surface area contributed by atoms with E-state index < -0.39 is 22.0 Å². The van der Waals surface area contributed by atoms with Crippen LogP contribution in [0.5, 0.6) is 5.75 Å². The van der Waals surface area contributed by atoms with Crippen LogP contribution in [0.15, 0.2) is 71.6 Å². The van der Waals surface area contributed by atoms with E-state index in [1.807, 2.05) is 6.92 Å². The Morgan fingerprint density at radius 3 is 2.17 bits per heavy atom. The van der Waals surface area contributed by atoms with Gasteiger partial charge in [0.25, 0.3) is 15.9 Å². The van der Waals surface area contributed by atoms with Gasteiger partial charge in [-0.15, -0.1) is 0 Å². The molecule has 3 aromatic rings. The Labute approximate surface area is 175 Å². The zero-order valence-corrected chi connectivity index (χ0v) is 17.3. The van der Waals surface area contributed by atoms with Crippen molar-refractivity contribution < 1.29 is 23.4 Å². The molecular formula is C22H22N2O5S. The maximum atomic E-state index is 12.5. The van der Waals surface area contributed by atoms with Crippen molar-refractivity contribution in [3.05, 3.63) is 83.4 Å². The largest absolute Gasteiger partial charge is 0.506 e. The van der Waals surface area contributed by atoms with Crippen LogP contribution in [-0.4, -0.2) is 24.5 Å². The highest BCUT2D eigenvalue weighted by molar-refractivity contribution is 7.92. The Kier molecular flexibility index (Phi) is 6.09. The van der Waals surface area contributed by atoms with E-state index in [0.29, 0.717) is 16.8 Å². The summed E-state index contributed by atoms with van der Waals surface area (Å²) in [5, 5.41) is 22.1. The molecule has 8 heteroatoms. The number of hydrogen-bond acceptors (Lipinski definition) is 5. The molecule has 0 spiro atoms. The molecule has 30 heavy (non-hydrogen) atoms. The Hall–Kier alpha value is -3.36. The van der Waals surface area contributed by atoms with Gasteiger partial charge in [0.05, 0.1) is 16.7 Å². The van der Waals surface area contributed by atoms with Crippen molar-refractivity contribution >= 4 is 27.3 Å². The third kappa shape index (κ3) is 4.97. The number of phenols is 1. The highest BCUT2D eigenvalue weighted by Gasteiger charge is 2.15. The number of aromatic hydroxyl groups is 1. The molecule has 0 saturated heterocycles. The highest BCUT2D eigenvalue weighted by atomic mass is 32.2. The maximum absolute atomic E-state index is 12.5.